The number of carbonyl (C=O) groups is 1. The highest BCUT2D eigenvalue weighted by molar-refractivity contribution is 8.13. The van der Waals surface area contributed by atoms with E-state index >= 15 is 0 Å². The summed E-state index contributed by atoms with van der Waals surface area (Å²) in [5, 5.41) is 3.30. The summed E-state index contributed by atoms with van der Waals surface area (Å²) in [6.45, 7) is 2.10. The van der Waals surface area contributed by atoms with Gasteiger partial charge in [0.2, 0.25) is 0 Å². The van der Waals surface area contributed by atoms with Gasteiger partial charge in [0.25, 0.3) is 5.24 Å². The van der Waals surface area contributed by atoms with Crippen molar-refractivity contribution < 1.29 is 4.79 Å². The molecular formula is C11H21NOS. The van der Waals surface area contributed by atoms with Crippen molar-refractivity contribution in [1.29, 1.82) is 0 Å². The molecular weight excluding hydrogens is 194 g/mol. The van der Waals surface area contributed by atoms with Gasteiger partial charge in [0.15, 0.2) is 0 Å². The summed E-state index contributed by atoms with van der Waals surface area (Å²) < 4.78 is 0. The Labute approximate surface area is 91.2 Å². The van der Waals surface area contributed by atoms with Crippen LogP contribution in [0.4, 0.5) is 4.79 Å². The van der Waals surface area contributed by atoms with Crippen molar-refractivity contribution in [2.45, 2.75) is 57.9 Å². The Balaban J connectivity index is 2.17. The highest BCUT2D eigenvalue weighted by Gasteiger charge is 2.14. The molecule has 0 aromatic rings. The van der Waals surface area contributed by atoms with Gasteiger partial charge in [-0.2, -0.15) is 0 Å². The quantitative estimate of drug-likeness (QED) is 0.729. The zero-order valence-corrected chi connectivity index (χ0v) is 9.87. The minimum absolute atomic E-state index is 0.179. The van der Waals surface area contributed by atoms with Crippen molar-refractivity contribution >= 4 is 17.0 Å². The number of carbonyl (C=O) groups excluding carboxylic acids is 1. The summed E-state index contributed by atoms with van der Waals surface area (Å²) >= 11 is 1.43. The Morgan fingerprint density at radius 3 is 2.50 bits per heavy atom. The van der Waals surface area contributed by atoms with Crippen molar-refractivity contribution in [2.24, 2.45) is 0 Å². The summed E-state index contributed by atoms with van der Waals surface area (Å²) in [5.41, 5.74) is 0. The predicted molar refractivity (Wildman–Crippen MR) is 62.8 cm³/mol. The fourth-order valence-corrected chi connectivity index (χ4v) is 2.47. The van der Waals surface area contributed by atoms with Gasteiger partial charge in [0.1, 0.15) is 0 Å². The molecule has 0 unspecified atom stereocenters. The molecule has 3 heteroatoms. The summed E-state index contributed by atoms with van der Waals surface area (Å²) in [4.78, 5) is 11.4. The summed E-state index contributed by atoms with van der Waals surface area (Å²) in [7, 11) is 0. The second-order valence-electron chi connectivity index (χ2n) is 3.97. The van der Waals surface area contributed by atoms with E-state index in [1.165, 1.54) is 50.3 Å². The van der Waals surface area contributed by atoms with Gasteiger partial charge in [-0.15, -0.1) is 0 Å². The van der Waals surface area contributed by atoms with Crippen LogP contribution < -0.4 is 5.32 Å². The predicted octanol–water partition coefficient (Wildman–Crippen LogP) is 3.56. The van der Waals surface area contributed by atoms with E-state index in [0.29, 0.717) is 6.04 Å². The SMILES string of the molecule is CCCSC(=O)NC1CCCCCC1. The zero-order chi connectivity index (χ0) is 10.2. The van der Waals surface area contributed by atoms with Crippen molar-refractivity contribution in [3.05, 3.63) is 0 Å². The number of amides is 1. The molecule has 1 amide bonds. The first kappa shape index (κ1) is 11.9. The first-order valence-electron chi connectivity index (χ1n) is 5.76. The second kappa shape index (κ2) is 7.16. The van der Waals surface area contributed by atoms with Crippen LogP contribution in [0.5, 0.6) is 0 Å². The van der Waals surface area contributed by atoms with Gasteiger partial charge in [0, 0.05) is 11.8 Å². The molecule has 1 aliphatic rings. The van der Waals surface area contributed by atoms with Crippen LogP contribution in [0.1, 0.15) is 51.9 Å². The van der Waals surface area contributed by atoms with Crippen molar-refractivity contribution in [3.63, 3.8) is 0 Å². The van der Waals surface area contributed by atoms with Gasteiger partial charge in [-0.05, 0) is 19.3 Å². The van der Waals surface area contributed by atoms with Gasteiger partial charge in [-0.1, -0.05) is 44.4 Å². The van der Waals surface area contributed by atoms with Gasteiger partial charge < -0.3 is 5.32 Å². The molecule has 1 fully saturated rings. The molecule has 0 bridgehead atoms. The maximum atomic E-state index is 11.4. The summed E-state index contributed by atoms with van der Waals surface area (Å²) in [6.07, 6.45) is 8.68. The highest BCUT2D eigenvalue weighted by Crippen LogP contribution is 2.18. The zero-order valence-electron chi connectivity index (χ0n) is 9.05. The van der Waals surface area contributed by atoms with E-state index < -0.39 is 0 Å². The monoisotopic (exact) mass is 215 g/mol. The molecule has 0 atom stereocenters. The molecule has 1 aliphatic carbocycles. The Hall–Kier alpha value is -0.180. The Bertz CT molecular complexity index is 165. The van der Waals surface area contributed by atoms with Crippen LogP contribution in [-0.4, -0.2) is 17.0 Å². The second-order valence-corrected chi connectivity index (χ2v) is 5.04. The van der Waals surface area contributed by atoms with Gasteiger partial charge >= 0.3 is 0 Å². The van der Waals surface area contributed by atoms with Crippen LogP contribution in [0.2, 0.25) is 0 Å². The average molecular weight is 215 g/mol. The van der Waals surface area contributed by atoms with Crippen molar-refractivity contribution in [1.82, 2.24) is 5.32 Å². The molecule has 0 radical (unpaired) electrons. The first-order valence-corrected chi connectivity index (χ1v) is 6.74. The minimum atomic E-state index is 0.179. The largest absolute Gasteiger partial charge is 0.344 e. The standard InChI is InChI=1S/C11H21NOS/c1-2-9-14-11(13)12-10-7-5-3-4-6-8-10/h10H,2-9H2,1H3,(H,12,13). The van der Waals surface area contributed by atoms with Crippen LogP contribution in [-0.2, 0) is 0 Å². The number of nitrogens with one attached hydrogen (secondary N) is 1. The molecule has 0 aliphatic heterocycles. The lowest BCUT2D eigenvalue weighted by Crippen LogP contribution is -2.31. The first-order chi connectivity index (χ1) is 6.83. The van der Waals surface area contributed by atoms with Crippen LogP contribution in [0.25, 0.3) is 0 Å². The molecule has 14 heavy (non-hydrogen) atoms. The van der Waals surface area contributed by atoms with Gasteiger partial charge in [-0.25, -0.2) is 0 Å². The number of hydrogen-bond acceptors (Lipinski definition) is 2. The molecule has 0 spiro atoms. The average Bonchev–Trinajstić information content (AvgIpc) is 2.43. The van der Waals surface area contributed by atoms with E-state index in [1.807, 2.05) is 0 Å². The van der Waals surface area contributed by atoms with E-state index in [9.17, 15) is 4.79 Å². The third-order valence-corrected chi connectivity index (χ3v) is 3.61. The third-order valence-electron chi connectivity index (χ3n) is 2.61. The maximum absolute atomic E-state index is 11.4. The Kier molecular flexibility index (Phi) is 6.08. The molecule has 82 valence electrons. The fraction of sp³-hybridized carbons (Fsp3) is 0.909. The van der Waals surface area contributed by atoms with E-state index in [4.69, 9.17) is 0 Å². The van der Waals surface area contributed by atoms with Crippen molar-refractivity contribution in [3.8, 4) is 0 Å². The number of hydrogen-bond donors (Lipinski definition) is 1. The fourth-order valence-electron chi connectivity index (χ4n) is 1.83. The third kappa shape index (κ3) is 4.89. The van der Waals surface area contributed by atoms with Crippen LogP contribution >= 0.6 is 11.8 Å². The van der Waals surface area contributed by atoms with Gasteiger partial charge in [-0.3, -0.25) is 4.79 Å². The number of rotatable bonds is 3. The molecule has 1 N–H and O–H groups in total. The smallest absolute Gasteiger partial charge is 0.279 e. The number of thioether (sulfide) groups is 1. The van der Waals surface area contributed by atoms with E-state index in [1.54, 1.807) is 0 Å². The molecule has 0 saturated heterocycles. The normalized spacial score (nSPS) is 18.9. The lowest BCUT2D eigenvalue weighted by molar-refractivity contribution is 0.256. The van der Waals surface area contributed by atoms with Crippen LogP contribution in [0.15, 0.2) is 0 Å². The summed E-state index contributed by atoms with van der Waals surface area (Å²) in [6, 6.07) is 0.453. The molecule has 0 aromatic carbocycles. The van der Waals surface area contributed by atoms with Crippen LogP contribution in [0.3, 0.4) is 0 Å². The highest BCUT2D eigenvalue weighted by atomic mass is 32.2. The molecule has 0 aromatic heterocycles. The van der Waals surface area contributed by atoms with E-state index in [0.717, 1.165) is 12.2 Å². The van der Waals surface area contributed by atoms with Gasteiger partial charge in [0.05, 0.1) is 0 Å². The molecule has 1 saturated carbocycles. The Morgan fingerprint density at radius 2 is 1.93 bits per heavy atom. The lowest BCUT2D eigenvalue weighted by atomic mass is 10.1. The molecule has 0 heterocycles. The molecule has 2 nitrogen and oxygen atoms in total. The lowest BCUT2D eigenvalue weighted by Gasteiger charge is -2.15. The van der Waals surface area contributed by atoms with E-state index in [2.05, 4.69) is 12.2 Å². The van der Waals surface area contributed by atoms with E-state index in [-0.39, 0.29) is 5.24 Å². The topological polar surface area (TPSA) is 29.1 Å². The van der Waals surface area contributed by atoms with Crippen LogP contribution in [0, 0.1) is 0 Å². The minimum Gasteiger partial charge on any atom is -0.344 e. The Morgan fingerprint density at radius 1 is 1.29 bits per heavy atom. The maximum Gasteiger partial charge on any atom is 0.279 e. The summed E-state index contributed by atoms with van der Waals surface area (Å²) in [5.74, 6) is 0.943. The van der Waals surface area contributed by atoms with Crippen molar-refractivity contribution in [2.75, 3.05) is 5.75 Å². The molecule has 1 rings (SSSR count).